The van der Waals surface area contributed by atoms with E-state index in [1.807, 2.05) is 29.7 Å². The summed E-state index contributed by atoms with van der Waals surface area (Å²) < 4.78 is 2.80. The highest BCUT2D eigenvalue weighted by molar-refractivity contribution is 9.10. The van der Waals surface area contributed by atoms with Crippen molar-refractivity contribution in [2.75, 3.05) is 0 Å². The summed E-state index contributed by atoms with van der Waals surface area (Å²) >= 11 is 3.45. The van der Waals surface area contributed by atoms with Crippen LogP contribution in [0.3, 0.4) is 0 Å². The van der Waals surface area contributed by atoms with Crippen LogP contribution >= 0.6 is 15.9 Å². The summed E-state index contributed by atoms with van der Waals surface area (Å²) in [6.45, 7) is 3.59. The maximum atomic E-state index is 11.0. The van der Waals surface area contributed by atoms with Gasteiger partial charge in [0.2, 0.25) is 0 Å². The molecular formula is C11H11BrN2O. The lowest BCUT2D eigenvalue weighted by Gasteiger charge is -1.95. The second-order valence-corrected chi connectivity index (χ2v) is 4.41. The molecule has 0 amide bonds. The summed E-state index contributed by atoms with van der Waals surface area (Å²) in [5, 5.41) is 0. The minimum absolute atomic E-state index is 0.121. The molecule has 0 unspecified atom stereocenters. The van der Waals surface area contributed by atoms with Crippen LogP contribution in [-0.4, -0.2) is 15.2 Å². The molecule has 2 heterocycles. The molecule has 2 aromatic heterocycles. The number of imidazole rings is 1. The van der Waals surface area contributed by atoms with E-state index in [1.54, 1.807) is 6.92 Å². The van der Waals surface area contributed by atoms with Gasteiger partial charge in [0.25, 0.3) is 0 Å². The van der Waals surface area contributed by atoms with Crippen molar-refractivity contribution >= 4 is 27.4 Å². The number of rotatable bonds is 2. The highest BCUT2D eigenvalue weighted by atomic mass is 79.9. The maximum absolute atomic E-state index is 11.0. The Morgan fingerprint density at radius 2 is 2.33 bits per heavy atom. The van der Waals surface area contributed by atoms with Gasteiger partial charge >= 0.3 is 0 Å². The van der Waals surface area contributed by atoms with Crippen molar-refractivity contribution < 1.29 is 4.79 Å². The Morgan fingerprint density at radius 3 is 3.00 bits per heavy atom. The Hall–Kier alpha value is -1.16. The molecule has 78 valence electrons. The number of carbonyl (C=O) groups is 1. The number of carbonyl (C=O) groups excluding carboxylic acids is 1. The van der Waals surface area contributed by atoms with Gasteiger partial charge in [-0.2, -0.15) is 0 Å². The van der Waals surface area contributed by atoms with Gasteiger partial charge in [0, 0.05) is 6.20 Å². The molecule has 0 bridgehead atoms. The van der Waals surface area contributed by atoms with Gasteiger partial charge in [0.1, 0.15) is 16.0 Å². The summed E-state index contributed by atoms with van der Waals surface area (Å²) in [6.07, 6.45) is 2.33. The van der Waals surface area contributed by atoms with E-state index in [9.17, 15) is 4.79 Å². The SMILES string of the molecule is CC(=O)Cc1nc2cc(C)ccn2c1Br. The average molecular weight is 267 g/mol. The summed E-state index contributed by atoms with van der Waals surface area (Å²) in [5.41, 5.74) is 2.83. The van der Waals surface area contributed by atoms with Crippen LogP contribution in [-0.2, 0) is 11.2 Å². The van der Waals surface area contributed by atoms with Crippen molar-refractivity contribution in [3.63, 3.8) is 0 Å². The standard InChI is InChI=1S/C11H11BrN2O/c1-7-3-4-14-10(5-7)13-9(11(14)12)6-8(2)15/h3-5H,6H2,1-2H3. The van der Waals surface area contributed by atoms with Crippen LogP contribution < -0.4 is 0 Å². The quantitative estimate of drug-likeness (QED) is 0.838. The third kappa shape index (κ3) is 1.95. The summed E-state index contributed by atoms with van der Waals surface area (Å²) in [7, 11) is 0. The molecule has 15 heavy (non-hydrogen) atoms. The topological polar surface area (TPSA) is 34.4 Å². The van der Waals surface area contributed by atoms with Gasteiger partial charge < -0.3 is 0 Å². The number of hydrogen-bond acceptors (Lipinski definition) is 2. The molecule has 0 aliphatic heterocycles. The minimum atomic E-state index is 0.121. The number of ketones is 1. The number of hydrogen-bond donors (Lipinski definition) is 0. The molecule has 0 aromatic carbocycles. The monoisotopic (exact) mass is 266 g/mol. The molecule has 0 N–H and O–H groups in total. The molecule has 0 aliphatic rings. The molecular weight excluding hydrogens is 256 g/mol. The Balaban J connectivity index is 2.58. The highest BCUT2D eigenvalue weighted by Crippen LogP contribution is 2.20. The van der Waals surface area contributed by atoms with Crippen LogP contribution in [0, 0.1) is 6.92 Å². The van der Waals surface area contributed by atoms with Crippen molar-refractivity contribution in [1.82, 2.24) is 9.38 Å². The number of nitrogens with zero attached hydrogens (tertiary/aromatic N) is 2. The second-order valence-electron chi connectivity index (χ2n) is 3.66. The lowest BCUT2D eigenvalue weighted by Crippen LogP contribution is -1.97. The first-order valence-electron chi connectivity index (χ1n) is 4.70. The van der Waals surface area contributed by atoms with Gasteiger partial charge in [-0.1, -0.05) is 0 Å². The lowest BCUT2D eigenvalue weighted by atomic mass is 10.2. The normalized spacial score (nSPS) is 10.9. The van der Waals surface area contributed by atoms with Crippen molar-refractivity contribution in [2.24, 2.45) is 0 Å². The van der Waals surface area contributed by atoms with Crippen LogP contribution in [0.15, 0.2) is 22.9 Å². The zero-order chi connectivity index (χ0) is 11.0. The number of aryl methyl sites for hydroxylation is 1. The molecule has 0 fully saturated rings. The first-order chi connectivity index (χ1) is 7.08. The van der Waals surface area contributed by atoms with Crippen molar-refractivity contribution in [1.29, 1.82) is 0 Å². The third-order valence-corrected chi connectivity index (χ3v) is 3.05. The van der Waals surface area contributed by atoms with Gasteiger partial charge in [-0.15, -0.1) is 0 Å². The molecule has 4 heteroatoms. The zero-order valence-corrected chi connectivity index (χ0v) is 10.2. The fraction of sp³-hybridized carbons (Fsp3) is 0.273. The predicted octanol–water partition coefficient (Wildman–Crippen LogP) is 2.54. The molecule has 0 spiro atoms. The van der Waals surface area contributed by atoms with Crippen LogP contribution in [0.5, 0.6) is 0 Å². The highest BCUT2D eigenvalue weighted by Gasteiger charge is 2.10. The van der Waals surface area contributed by atoms with Gasteiger partial charge in [0.05, 0.1) is 12.1 Å². The first-order valence-corrected chi connectivity index (χ1v) is 5.50. The predicted molar refractivity (Wildman–Crippen MR) is 62.0 cm³/mol. The number of Topliss-reactive ketones (excluding diaryl/α,β-unsaturated/α-hetero) is 1. The van der Waals surface area contributed by atoms with Gasteiger partial charge in [-0.3, -0.25) is 9.20 Å². The first kappa shape index (κ1) is 10.4. The van der Waals surface area contributed by atoms with Gasteiger partial charge in [-0.25, -0.2) is 4.98 Å². The summed E-state index contributed by atoms with van der Waals surface area (Å²) in [5.74, 6) is 0.121. The molecule has 3 nitrogen and oxygen atoms in total. The van der Waals surface area contributed by atoms with Crippen LogP contribution in [0.25, 0.3) is 5.65 Å². The van der Waals surface area contributed by atoms with Gasteiger partial charge in [-0.05, 0) is 47.5 Å². The van der Waals surface area contributed by atoms with Gasteiger partial charge in [0.15, 0.2) is 0 Å². The molecule has 0 radical (unpaired) electrons. The largest absolute Gasteiger partial charge is 0.300 e. The zero-order valence-electron chi connectivity index (χ0n) is 8.62. The maximum Gasteiger partial charge on any atom is 0.138 e. The average Bonchev–Trinajstić information content (AvgIpc) is 2.42. The van der Waals surface area contributed by atoms with Crippen LogP contribution in [0.4, 0.5) is 0 Å². The Labute approximate surface area is 96.3 Å². The van der Waals surface area contributed by atoms with E-state index < -0.39 is 0 Å². The minimum Gasteiger partial charge on any atom is -0.300 e. The molecule has 0 saturated carbocycles. The van der Waals surface area contributed by atoms with Crippen molar-refractivity contribution in [3.8, 4) is 0 Å². The number of aromatic nitrogens is 2. The third-order valence-electron chi connectivity index (χ3n) is 2.21. The van der Waals surface area contributed by atoms with E-state index in [-0.39, 0.29) is 5.78 Å². The number of fused-ring (bicyclic) bond motifs is 1. The smallest absolute Gasteiger partial charge is 0.138 e. The Morgan fingerprint density at radius 1 is 1.60 bits per heavy atom. The van der Waals surface area contributed by atoms with Crippen molar-refractivity contribution in [3.05, 3.63) is 34.2 Å². The van der Waals surface area contributed by atoms with Crippen LogP contribution in [0.2, 0.25) is 0 Å². The van der Waals surface area contributed by atoms with Crippen molar-refractivity contribution in [2.45, 2.75) is 20.3 Å². The lowest BCUT2D eigenvalue weighted by molar-refractivity contribution is -0.116. The summed E-state index contributed by atoms with van der Waals surface area (Å²) in [4.78, 5) is 15.4. The van der Waals surface area contributed by atoms with E-state index >= 15 is 0 Å². The van der Waals surface area contributed by atoms with Crippen LogP contribution in [0.1, 0.15) is 18.2 Å². The Bertz CT molecular complexity index is 531. The molecule has 0 saturated heterocycles. The summed E-state index contributed by atoms with van der Waals surface area (Å²) in [6, 6.07) is 4.01. The fourth-order valence-corrected chi connectivity index (χ4v) is 2.04. The van der Waals surface area contributed by atoms with E-state index in [2.05, 4.69) is 20.9 Å². The van der Waals surface area contributed by atoms with E-state index in [0.29, 0.717) is 6.42 Å². The molecule has 2 aromatic rings. The molecule has 0 atom stereocenters. The fourth-order valence-electron chi connectivity index (χ4n) is 1.51. The molecule has 0 aliphatic carbocycles. The van der Waals surface area contributed by atoms with E-state index in [0.717, 1.165) is 21.5 Å². The van der Waals surface area contributed by atoms with E-state index in [4.69, 9.17) is 0 Å². The second kappa shape index (κ2) is 3.77. The molecule has 2 rings (SSSR count). The number of halogens is 1. The number of pyridine rings is 1. The Kier molecular flexibility index (Phi) is 2.61. The van der Waals surface area contributed by atoms with E-state index in [1.165, 1.54) is 0 Å².